The van der Waals surface area contributed by atoms with E-state index in [-0.39, 0.29) is 103 Å². The van der Waals surface area contributed by atoms with Crippen LogP contribution in [0.5, 0.6) is 57.5 Å². The number of phenolic OH excluding ortho intramolecular Hbond substituents is 5. The lowest BCUT2D eigenvalue weighted by molar-refractivity contribution is 0.0497. The fraction of sp³-hybridized carbons (Fsp3) is 0.397. The molecule has 0 fully saturated rings. The van der Waals surface area contributed by atoms with E-state index in [0.29, 0.717) is 62.1 Å². The Labute approximate surface area is 528 Å². The molecule has 22 heteroatoms. The first-order valence-electron chi connectivity index (χ1n) is 28.2. The maximum Gasteiger partial charge on any atom is 0.341 e. The molecule has 0 unspecified atom stereocenters. The average molecular weight is 1260 g/mol. The molecule has 0 bridgehead atoms. The Balaban J connectivity index is 0.000000564. The molecule has 0 saturated carbocycles. The van der Waals surface area contributed by atoms with Crippen LogP contribution in [0, 0.1) is 0 Å². The molecule has 5 aromatic rings. The van der Waals surface area contributed by atoms with Crippen molar-refractivity contribution in [3.63, 3.8) is 0 Å². The molecule has 0 aliphatic rings. The predicted octanol–water partition coefficient (Wildman–Crippen LogP) is 13.2. The Morgan fingerprint density at radius 2 is 0.556 bits per heavy atom. The predicted molar refractivity (Wildman–Crippen MR) is 340 cm³/mol. The number of hydrogen-bond acceptors (Lipinski definition) is 22. The molecule has 5 rings (SSSR count). The Hall–Kier alpha value is -9.41. The van der Waals surface area contributed by atoms with E-state index in [1.165, 1.54) is 66.9 Å². The van der Waals surface area contributed by atoms with Gasteiger partial charge in [-0.2, -0.15) is 0 Å². The van der Waals surface area contributed by atoms with Crippen LogP contribution in [0.2, 0.25) is 0 Å². The van der Waals surface area contributed by atoms with Crippen molar-refractivity contribution in [3.8, 4) is 57.5 Å². The summed E-state index contributed by atoms with van der Waals surface area (Å²) in [5.74, 6) is -0.180. The number of esters is 5. The van der Waals surface area contributed by atoms with E-state index in [1.807, 2.05) is 69.2 Å². The number of carbonyl (C=O) groups excluding carboxylic acids is 5. The second-order valence-corrected chi connectivity index (χ2v) is 20.7. The smallest absolute Gasteiger partial charge is 0.341 e. The van der Waals surface area contributed by atoms with Crippen LogP contribution < -0.4 is 23.7 Å². The molecule has 5 N–H and O–H groups in total. The van der Waals surface area contributed by atoms with Crippen LogP contribution in [0.1, 0.15) is 178 Å². The maximum absolute atomic E-state index is 11.9. The lowest BCUT2D eigenvalue weighted by atomic mass is 9.99. The van der Waals surface area contributed by atoms with Gasteiger partial charge in [0.1, 0.15) is 105 Å². The van der Waals surface area contributed by atoms with Crippen LogP contribution in [-0.4, -0.2) is 139 Å². The van der Waals surface area contributed by atoms with Crippen LogP contribution in [0.3, 0.4) is 0 Å². The van der Waals surface area contributed by atoms with Crippen LogP contribution in [0.15, 0.2) is 98.6 Å². The lowest BCUT2D eigenvalue weighted by Crippen LogP contribution is -2.10. The maximum atomic E-state index is 11.9. The molecule has 0 aliphatic carbocycles. The number of hydrogen-bond donors (Lipinski definition) is 5. The van der Waals surface area contributed by atoms with E-state index >= 15 is 0 Å². The standard InChI is InChI=1S/C16H22O5.2C14H18O4.C13H18O5.C11H14O4/c1-6-7-20-15-9-14(21-10-18-4)12(11(2)3)8-13(15)16(17)19-5;2*1-5-6-18-13-8-12(15)10(9(2)3)7-11(13)14(16)17-4;1-8(2)9-5-10(13(15)17-4)11(14)6-12(9)18-7-16-3;1-6(2)7-4-8(11(14)15-3)10(13)5-9(7)12/h6,8-9,11H,1,7,10H2,2-5H3;2*5,7-9,15H,1,6H2,2-4H3;5-6,8,14H,7H2,1-4H3;4-6,12-13H,1-3H3. The summed E-state index contributed by atoms with van der Waals surface area (Å²) in [6.45, 7) is 31.1. The summed E-state index contributed by atoms with van der Waals surface area (Å²) in [7, 11) is 9.52. The Morgan fingerprint density at radius 3 is 0.844 bits per heavy atom. The van der Waals surface area contributed by atoms with Crippen molar-refractivity contribution in [2.45, 2.75) is 98.8 Å². The van der Waals surface area contributed by atoms with Gasteiger partial charge < -0.3 is 82.4 Å². The number of methoxy groups -OCH3 is 7. The number of aromatic hydroxyl groups is 5. The molecule has 0 atom stereocenters. The third-order valence-corrected chi connectivity index (χ3v) is 12.5. The molecule has 0 aromatic heterocycles. The summed E-state index contributed by atoms with van der Waals surface area (Å²) in [5, 5.41) is 48.5. The van der Waals surface area contributed by atoms with Crippen molar-refractivity contribution >= 4 is 29.8 Å². The van der Waals surface area contributed by atoms with Gasteiger partial charge in [-0.3, -0.25) is 0 Å². The van der Waals surface area contributed by atoms with Crippen molar-refractivity contribution in [1.29, 1.82) is 0 Å². The molecule has 0 spiro atoms. The zero-order valence-corrected chi connectivity index (χ0v) is 54.7. The highest BCUT2D eigenvalue weighted by molar-refractivity contribution is 5.95. The van der Waals surface area contributed by atoms with E-state index in [0.717, 1.165) is 17.2 Å². The number of benzene rings is 5. The largest absolute Gasteiger partial charge is 0.508 e. The summed E-state index contributed by atoms with van der Waals surface area (Å²) < 4.78 is 60.2. The van der Waals surface area contributed by atoms with E-state index in [1.54, 1.807) is 55.7 Å². The number of ether oxygens (including phenoxy) is 12. The van der Waals surface area contributed by atoms with Crippen LogP contribution in [0.4, 0.5) is 0 Å². The van der Waals surface area contributed by atoms with Gasteiger partial charge in [0, 0.05) is 44.6 Å². The second-order valence-electron chi connectivity index (χ2n) is 20.7. The third kappa shape index (κ3) is 23.9. The van der Waals surface area contributed by atoms with Gasteiger partial charge in [-0.15, -0.1) is 0 Å². The molecule has 90 heavy (non-hydrogen) atoms. The Morgan fingerprint density at radius 1 is 0.322 bits per heavy atom. The van der Waals surface area contributed by atoms with E-state index in [2.05, 4.69) is 29.2 Å². The van der Waals surface area contributed by atoms with Gasteiger partial charge in [0.25, 0.3) is 0 Å². The summed E-state index contributed by atoms with van der Waals surface area (Å²) in [6, 6.07) is 15.1. The SMILES string of the molecule is C=CCOc1cc(O)c(C(C)C)cc1C(=O)OC.C=CCOc1cc(O)c(C(C)C)cc1C(=O)OC.C=CCOc1cc(OCOC)c(C(C)C)cc1C(=O)OC.COC(=O)c1cc(C(C)C)c(O)cc1O.COCOc1cc(O)c(C(=O)OC)cc1C(C)C. The quantitative estimate of drug-likeness (QED) is 0.0157. The van der Waals surface area contributed by atoms with Gasteiger partial charge in [0.15, 0.2) is 13.6 Å². The summed E-state index contributed by atoms with van der Waals surface area (Å²) in [6.07, 6.45) is 4.73. The lowest BCUT2D eigenvalue weighted by Gasteiger charge is -2.17. The molecule has 0 amide bonds. The normalized spacial score (nSPS) is 10.3. The monoisotopic (exact) mass is 1260 g/mol. The van der Waals surface area contributed by atoms with Crippen molar-refractivity contribution in [1.82, 2.24) is 0 Å². The van der Waals surface area contributed by atoms with Gasteiger partial charge in [0.2, 0.25) is 0 Å². The molecule has 0 radical (unpaired) electrons. The van der Waals surface area contributed by atoms with E-state index in [9.17, 15) is 49.5 Å². The van der Waals surface area contributed by atoms with Crippen LogP contribution in [0.25, 0.3) is 0 Å². The first-order chi connectivity index (χ1) is 42.5. The molecule has 22 nitrogen and oxygen atoms in total. The average Bonchev–Trinajstić information content (AvgIpc) is 0.982. The minimum Gasteiger partial charge on any atom is -0.508 e. The highest BCUT2D eigenvalue weighted by Crippen LogP contribution is 2.38. The minimum atomic E-state index is -0.616. The van der Waals surface area contributed by atoms with Gasteiger partial charge in [-0.1, -0.05) is 107 Å². The summed E-state index contributed by atoms with van der Waals surface area (Å²) >= 11 is 0. The topological polar surface area (TPSA) is 297 Å². The molecule has 0 aliphatic heterocycles. The molecule has 494 valence electrons. The number of rotatable bonds is 25. The Bertz CT molecular complexity index is 3090. The van der Waals surface area contributed by atoms with Gasteiger partial charge in [-0.05, 0) is 87.7 Å². The highest BCUT2D eigenvalue weighted by Gasteiger charge is 2.24. The first-order valence-corrected chi connectivity index (χ1v) is 28.2. The van der Waals surface area contributed by atoms with Crippen molar-refractivity contribution in [2.24, 2.45) is 0 Å². The zero-order chi connectivity index (χ0) is 68.5. The van der Waals surface area contributed by atoms with Crippen molar-refractivity contribution in [2.75, 3.05) is 83.2 Å². The van der Waals surface area contributed by atoms with Gasteiger partial charge in [-0.25, -0.2) is 24.0 Å². The highest BCUT2D eigenvalue weighted by atomic mass is 16.7. The number of phenols is 5. The number of carbonyl (C=O) groups is 5. The molecule has 0 saturated heterocycles. The minimum absolute atomic E-state index is 0.0184. The van der Waals surface area contributed by atoms with Crippen LogP contribution >= 0.6 is 0 Å². The summed E-state index contributed by atoms with van der Waals surface area (Å²) in [4.78, 5) is 58.0. The van der Waals surface area contributed by atoms with E-state index in [4.69, 9.17) is 47.4 Å². The molecular formula is C68H90O22. The fourth-order valence-electron chi connectivity index (χ4n) is 7.87. The molecular weight excluding hydrogens is 1170 g/mol. The fourth-order valence-corrected chi connectivity index (χ4v) is 7.87. The first kappa shape index (κ1) is 78.6. The van der Waals surface area contributed by atoms with E-state index < -0.39 is 29.8 Å². The zero-order valence-electron chi connectivity index (χ0n) is 54.7. The molecule has 5 aromatic carbocycles. The summed E-state index contributed by atoms with van der Waals surface area (Å²) in [5.41, 5.74) is 4.85. The van der Waals surface area contributed by atoms with Crippen molar-refractivity contribution < 1.29 is 106 Å². The Kier molecular flexibility index (Phi) is 35.1. The van der Waals surface area contributed by atoms with Crippen molar-refractivity contribution in [3.05, 3.63) is 154 Å². The van der Waals surface area contributed by atoms with Gasteiger partial charge in [0.05, 0.1) is 35.5 Å². The molecule has 0 heterocycles. The van der Waals surface area contributed by atoms with Gasteiger partial charge >= 0.3 is 29.8 Å². The second kappa shape index (κ2) is 40.2. The van der Waals surface area contributed by atoms with Crippen LogP contribution in [-0.2, 0) is 33.2 Å². The third-order valence-electron chi connectivity index (χ3n) is 12.5.